The van der Waals surface area contributed by atoms with Gasteiger partial charge in [-0.15, -0.1) is 5.16 Å². The van der Waals surface area contributed by atoms with Gasteiger partial charge in [-0.25, -0.2) is 0 Å². The molecular weight excluding hydrogens is 214 g/mol. The molecule has 0 atom stereocenters. The lowest BCUT2D eigenvalue weighted by Gasteiger charge is -2.32. The Morgan fingerprint density at radius 1 is 0.875 bits per heavy atom. The van der Waals surface area contributed by atoms with Crippen LogP contribution >= 0.6 is 0 Å². The Morgan fingerprint density at radius 2 is 1.19 bits per heavy atom. The third-order valence-electron chi connectivity index (χ3n) is 2.60. The molecule has 0 N–H and O–H groups in total. The van der Waals surface area contributed by atoms with E-state index in [1.54, 1.807) is 0 Å². The smallest absolute Gasteiger partial charge is 0.288 e. The molecular formula is C13H29NOSi. The number of rotatable bonds is 8. The van der Waals surface area contributed by atoms with Crippen molar-refractivity contribution in [2.75, 3.05) is 0 Å². The van der Waals surface area contributed by atoms with Crippen LogP contribution < -0.4 is 0 Å². The fourth-order valence-corrected chi connectivity index (χ4v) is 8.19. The van der Waals surface area contributed by atoms with Gasteiger partial charge in [0.1, 0.15) is 0 Å². The van der Waals surface area contributed by atoms with E-state index in [0.29, 0.717) is 17.8 Å². The molecule has 0 saturated carbocycles. The van der Waals surface area contributed by atoms with Crippen molar-refractivity contribution in [1.29, 1.82) is 0 Å². The molecule has 0 amide bonds. The third kappa shape index (κ3) is 6.31. The molecule has 0 fully saturated rings. The molecule has 2 nitrogen and oxygen atoms in total. The zero-order valence-electron chi connectivity index (χ0n) is 11.9. The summed E-state index contributed by atoms with van der Waals surface area (Å²) in [4.78, 5) is 0. The van der Waals surface area contributed by atoms with Gasteiger partial charge in [-0.05, 0) is 35.9 Å². The molecule has 0 bridgehead atoms. The molecule has 0 spiro atoms. The van der Waals surface area contributed by atoms with E-state index in [0.717, 1.165) is 0 Å². The molecule has 96 valence electrons. The zero-order chi connectivity index (χ0) is 12.8. The first-order valence-corrected chi connectivity index (χ1v) is 8.98. The lowest BCUT2D eigenvalue weighted by molar-refractivity contribution is 0.307. The van der Waals surface area contributed by atoms with Crippen molar-refractivity contribution in [3.05, 3.63) is 0 Å². The lowest BCUT2D eigenvalue weighted by Crippen LogP contribution is -2.40. The summed E-state index contributed by atoms with van der Waals surface area (Å²) in [6.45, 7) is 17.2. The van der Waals surface area contributed by atoms with Crippen molar-refractivity contribution in [3.63, 3.8) is 0 Å². The Labute approximate surface area is 103 Å². The van der Waals surface area contributed by atoms with E-state index in [4.69, 9.17) is 4.53 Å². The minimum atomic E-state index is -1.71. The van der Waals surface area contributed by atoms with E-state index in [2.05, 4.69) is 53.4 Å². The quantitative estimate of drug-likeness (QED) is 0.348. The summed E-state index contributed by atoms with van der Waals surface area (Å²) in [5.41, 5.74) is 0. The predicted octanol–water partition coefficient (Wildman–Crippen LogP) is 4.53. The summed E-state index contributed by atoms with van der Waals surface area (Å²) < 4.78 is 5.81. The molecule has 0 aliphatic heterocycles. The minimum Gasteiger partial charge on any atom is -0.455 e. The molecule has 0 aromatic rings. The molecule has 0 aromatic carbocycles. The van der Waals surface area contributed by atoms with Crippen molar-refractivity contribution in [1.82, 2.24) is 0 Å². The maximum absolute atomic E-state index is 5.81. The van der Waals surface area contributed by atoms with Gasteiger partial charge in [0.15, 0.2) is 0 Å². The van der Waals surface area contributed by atoms with Gasteiger partial charge >= 0.3 is 0 Å². The van der Waals surface area contributed by atoms with Crippen molar-refractivity contribution in [2.45, 2.75) is 59.7 Å². The first-order chi connectivity index (χ1) is 7.31. The summed E-state index contributed by atoms with van der Waals surface area (Å²) in [6, 6.07) is 3.59. The predicted molar refractivity (Wildman–Crippen MR) is 75.3 cm³/mol. The van der Waals surface area contributed by atoms with Crippen LogP contribution in [0.3, 0.4) is 0 Å². The molecule has 0 heterocycles. The van der Waals surface area contributed by atoms with Crippen molar-refractivity contribution < 1.29 is 4.53 Å². The Kier molecular flexibility index (Phi) is 6.96. The highest BCUT2D eigenvalue weighted by Gasteiger charge is 2.39. The van der Waals surface area contributed by atoms with E-state index in [1.807, 2.05) is 0 Å². The Balaban J connectivity index is 4.79. The van der Waals surface area contributed by atoms with Gasteiger partial charge in [-0.3, -0.25) is 0 Å². The van der Waals surface area contributed by atoms with E-state index in [9.17, 15) is 0 Å². The molecule has 0 unspecified atom stereocenters. The number of nitrogens with zero attached hydrogens (tertiary/aromatic N) is 1. The molecule has 16 heavy (non-hydrogen) atoms. The highest BCUT2D eigenvalue weighted by molar-refractivity contribution is 6.73. The molecule has 0 radical (unpaired) electrons. The van der Waals surface area contributed by atoms with Crippen LogP contribution in [0.1, 0.15) is 41.5 Å². The lowest BCUT2D eigenvalue weighted by atomic mass is 10.2. The highest BCUT2D eigenvalue weighted by atomic mass is 28.4. The topological polar surface area (TPSA) is 21.6 Å². The average Bonchev–Trinajstić information content (AvgIpc) is 1.98. The summed E-state index contributed by atoms with van der Waals surface area (Å²) >= 11 is 0. The monoisotopic (exact) mass is 243 g/mol. The van der Waals surface area contributed by atoms with Crippen molar-refractivity contribution in [3.8, 4) is 0 Å². The highest BCUT2D eigenvalue weighted by Crippen LogP contribution is 2.33. The zero-order valence-corrected chi connectivity index (χ0v) is 12.9. The maximum atomic E-state index is 5.81. The van der Waals surface area contributed by atoms with Crippen LogP contribution in [0.15, 0.2) is 5.16 Å². The molecule has 0 rings (SSSR count). The van der Waals surface area contributed by atoms with E-state index in [1.165, 1.54) is 18.1 Å². The summed E-state index contributed by atoms with van der Waals surface area (Å²) in [7, 11) is -1.71. The van der Waals surface area contributed by atoms with Crippen LogP contribution in [0.5, 0.6) is 0 Å². The van der Waals surface area contributed by atoms with Gasteiger partial charge in [0.25, 0.3) is 8.32 Å². The fourth-order valence-electron chi connectivity index (χ4n) is 2.73. The summed E-state index contributed by atoms with van der Waals surface area (Å²) in [5, 5.41) is 3.78. The number of hydrogen-bond donors (Lipinski definition) is 0. The van der Waals surface area contributed by atoms with E-state index >= 15 is 0 Å². The van der Waals surface area contributed by atoms with Crippen LogP contribution in [0, 0.1) is 17.8 Å². The second-order valence-corrected chi connectivity index (χ2v) is 9.97. The second kappa shape index (κ2) is 7.10. The Morgan fingerprint density at radius 3 is 1.38 bits per heavy atom. The SMILES string of the molecule is C=NO[Si](CC(C)C)(CC(C)C)CC(C)C. The standard InChI is InChI=1S/C13H29NOSi/c1-11(2)8-16(15-14-7,9-12(3)4)10-13(5)6/h11-13H,7-10H2,1-6H3. The molecule has 0 saturated heterocycles. The third-order valence-corrected chi connectivity index (χ3v) is 7.80. The van der Waals surface area contributed by atoms with Gasteiger partial charge in [-0.1, -0.05) is 41.5 Å². The Hall–Kier alpha value is -0.313. The number of oxime groups is 1. The first-order valence-electron chi connectivity index (χ1n) is 6.45. The normalized spacial score (nSPS) is 12.6. The molecule has 0 aliphatic rings. The van der Waals surface area contributed by atoms with E-state index in [-0.39, 0.29) is 0 Å². The maximum Gasteiger partial charge on any atom is 0.288 e. The van der Waals surface area contributed by atoms with E-state index < -0.39 is 8.32 Å². The van der Waals surface area contributed by atoms with Crippen LogP contribution in [0.2, 0.25) is 18.1 Å². The Bertz CT molecular complexity index is 176. The minimum absolute atomic E-state index is 0.686. The number of hydrogen-bond acceptors (Lipinski definition) is 2. The summed E-state index contributed by atoms with van der Waals surface area (Å²) in [6.07, 6.45) is 0. The van der Waals surface area contributed by atoms with Crippen LogP contribution in [-0.4, -0.2) is 15.0 Å². The first kappa shape index (κ1) is 15.7. The van der Waals surface area contributed by atoms with Crippen molar-refractivity contribution >= 4 is 15.0 Å². The van der Waals surface area contributed by atoms with Crippen LogP contribution in [0.4, 0.5) is 0 Å². The largest absolute Gasteiger partial charge is 0.455 e. The molecule has 0 aliphatic carbocycles. The van der Waals surface area contributed by atoms with Gasteiger partial charge in [0.2, 0.25) is 0 Å². The average molecular weight is 243 g/mol. The van der Waals surface area contributed by atoms with Crippen molar-refractivity contribution in [2.24, 2.45) is 22.9 Å². The second-order valence-electron chi connectivity index (χ2n) is 6.20. The molecule has 3 heteroatoms. The van der Waals surface area contributed by atoms with Crippen LogP contribution in [0.25, 0.3) is 0 Å². The van der Waals surface area contributed by atoms with Crippen LogP contribution in [-0.2, 0) is 4.53 Å². The van der Waals surface area contributed by atoms with Gasteiger partial charge in [0.05, 0.1) is 0 Å². The van der Waals surface area contributed by atoms with Gasteiger partial charge < -0.3 is 4.53 Å². The fraction of sp³-hybridized carbons (Fsp3) is 0.923. The van der Waals surface area contributed by atoms with Gasteiger partial charge in [-0.2, -0.15) is 0 Å². The summed E-state index contributed by atoms with van der Waals surface area (Å²) in [5.74, 6) is 2.06. The molecule has 0 aromatic heterocycles. The van der Waals surface area contributed by atoms with Gasteiger partial charge in [0, 0.05) is 6.72 Å².